The molecule has 1 aromatic carbocycles. The molecule has 2 N–H and O–H groups in total. The van der Waals surface area contributed by atoms with E-state index in [2.05, 4.69) is 5.32 Å². The number of carbonyl (C=O) groups excluding carboxylic acids is 2. The van der Waals surface area contributed by atoms with Gasteiger partial charge in [0, 0.05) is 14.1 Å². The SMILES string of the molecule is CNC(=O)CN(C)C(=O)Cc1cccc(O)c1. The second-order valence-corrected chi connectivity index (χ2v) is 3.77. The maximum absolute atomic E-state index is 11.7. The van der Waals surface area contributed by atoms with Gasteiger partial charge in [0.15, 0.2) is 0 Å². The van der Waals surface area contributed by atoms with Crippen LogP contribution >= 0.6 is 0 Å². The van der Waals surface area contributed by atoms with Crippen molar-refractivity contribution < 1.29 is 14.7 Å². The second kappa shape index (κ2) is 5.89. The smallest absolute Gasteiger partial charge is 0.239 e. The summed E-state index contributed by atoms with van der Waals surface area (Å²) in [5, 5.41) is 11.7. The van der Waals surface area contributed by atoms with Gasteiger partial charge in [-0.3, -0.25) is 9.59 Å². The van der Waals surface area contributed by atoms with E-state index in [1.807, 2.05) is 0 Å². The molecule has 17 heavy (non-hydrogen) atoms. The minimum absolute atomic E-state index is 0.0359. The fourth-order valence-electron chi connectivity index (χ4n) is 1.36. The first-order valence-corrected chi connectivity index (χ1v) is 5.25. The lowest BCUT2D eigenvalue weighted by atomic mass is 10.1. The molecule has 0 atom stereocenters. The summed E-state index contributed by atoms with van der Waals surface area (Å²) in [7, 11) is 3.09. The van der Waals surface area contributed by atoms with Gasteiger partial charge >= 0.3 is 0 Å². The summed E-state index contributed by atoms with van der Waals surface area (Å²) in [4.78, 5) is 24.2. The highest BCUT2D eigenvalue weighted by Crippen LogP contribution is 2.11. The Labute approximate surface area is 100 Å². The highest BCUT2D eigenvalue weighted by molar-refractivity contribution is 5.85. The van der Waals surface area contributed by atoms with Gasteiger partial charge in [0.25, 0.3) is 0 Å². The van der Waals surface area contributed by atoms with E-state index in [-0.39, 0.29) is 30.5 Å². The largest absolute Gasteiger partial charge is 0.508 e. The first kappa shape index (κ1) is 13.0. The molecular weight excluding hydrogens is 220 g/mol. The van der Waals surface area contributed by atoms with Crippen LogP contribution in [-0.2, 0) is 16.0 Å². The minimum Gasteiger partial charge on any atom is -0.508 e. The van der Waals surface area contributed by atoms with Crippen LogP contribution in [0.4, 0.5) is 0 Å². The van der Waals surface area contributed by atoms with E-state index < -0.39 is 0 Å². The van der Waals surface area contributed by atoms with Crippen molar-refractivity contribution in [2.24, 2.45) is 0 Å². The van der Waals surface area contributed by atoms with Crippen molar-refractivity contribution in [2.75, 3.05) is 20.6 Å². The molecule has 0 bridgehead atoms. The van der Waals surface area contributed by atoms with Crippen LogP contribution in [0.25, 0.3) is 0 Å². The lowest BCUT2D eigenvalue weighted by Crippen LogP contribution is -2.37. The van der Waals surface area contributed by atoms with Gasteiger partial charge in [-0.1, -0.05) is 12.1 Å². The number of hydrogen-bond donors (Lipinski definition) is 2. The highest BCUT2D eigenvalue weighted by Gasteiger charge is 2.12. The van der Waals surface area contributed by atoms with Crippen LogP contribution in [0.1, 0.15) is 5.56 Å². The molecular formula is C12H16N2O3. The molecule has 1 aromatic rings. The first-order valence-electron chi connectivity index (χ1n) is 5.25. The van der Waals surface area contributed by atoms with Crippen molar-refractivity contribution in [3.63, 3.8) is 0 Å². The van der Waals surface area contributed by atoms with Gasteiger partial charge in [-0.05, 0) is 17.7 Å². The topological polar surface area (TPSA) is 69.6 Å². The van der Waals surface area contributed by atoms with E-state index in [0.717, 1.165) is 5.56 Å². The summed E-state index contributed by atoms with van der Waals surface area (Å²) < 4.78 is 0. The summed E-state index contributed by atoms with van der Waals surface area (Å²) in [6, 6.07) is 6.51. The standard InChI is InChI=1S/C12H16N2O3/c1-13-11(16)8-14(2)12(17)7-9-4-3-5-10(15)6-9/h3-6,15H,7-8H2,1-2H3,(H,13,16). The van der Waals surface area contributed by atoms with Crippen molar-refractivity contribution in [1.29, 1.82) is 0 Å². The van der Waals surface area contributed by atoms with Crippen LogP contribution in [-0.4, -0.2) is 42.5 Å². The van der Waals surface area contributed by atoms with Gasteiger partial charge in [-0.15, -0.1) is 0 Å². The van der Waals surface area contributed by atoms with E-state index in [9.17, 15) is 14.7 Å². The van der Waals surface area contributed by atoms with E-state index in [0.29, 0.717) is 0 Å². The maximum atomic E-state index is 11.7. The van der Waals surface area contributed by atoms with E-state index in [1.54, 1.807) is 25.2 Å². The Morgan fingerprint density at radius 3 is 2.71 bits per heavy atom. The number of phenols is 1. The lowest BCUT2D eigenvalue weighted by Gasteiger charge is -2.16. The van der Waals surface area contributed by atoms with Crippen molar-refractivity contribution in [2.45, 2.75) is 6.42 Å². The Hall–Kier alpha value is -2.04. The number of likely N-dealkylation sites (N-methyl/N-ethyl adjacent to an activating group) is 2. The summed E-state index contributed by atoms with van der Waals surface area (Å²) in [6.45, 7) is 0.0359. The molecule has 0 fully saturated rings. The number of nitrogens with zero attached hydrogens (tertiary/aromatic N) is 1. The average molecular weight is 236 g/mol. The van der Waals surface area contributed by atoms with Crippen LogP contribution in [0.2, 0.25) is 0 Å². The molecule has 1 rings (SSSR count). The quantitative estimate of drug-likeness (QED) is 0.781. The van der Waals surface area contributed by atoms with Crippen molar-refractivity contribution in [3.8, 4) is 5.75 Å². The van der Waals surface area contributed by atoms with Gasteiger partial charge in [0.05, 0.1) is 13.0 Å². The third-order valence-electron chi connectivity index (χ3n) is 2.35. The fraction of sp³-hybridized carbons (Fsp3) is 0.333. The number of phenolic OH excluding ortho intramolecular Hbond substituents is 1. The van der Waals surface area contributed by atoms with Crippen LogP contribution in [0.3, 0.4) is 0 Å². The number of nitrogens with one attached hydrogen (secondary N) is 1. The molecule has 0 spiro atoms. The molecule has 2 amide bonds. The molecule has 0 aromatic heterocycles. The number of carbonyl (C=O) groups is 2. The summed E-state index contributed by atoms with van der Waals surface area (Å²) >= 11 is 0. The number of aromatic hydroxyl groups is 1. The molecule has 0 saturated carbocycles. The van der Waals surface area contributed by atoms with Crippen LogP contribution in [0, 0.1) is 0 Å². The van der Waals surface area contributed by atoms with E-state index >= 15 is 0 Å². The fourth-order valence-corrected chi connectivity index (χ4v) is 1.36. The Morgan fingerprint density at radius 2 is 2.12 bits per heavy atom. The minimum atomic E-state index is -0.211. The third kappa shape index (κ3) is 4.14. The van der Waals surface area contributed by atoms with Crippen LogP contribution < -0.4 is 5.32 Å². The van der Waals surface area contributed by atoms with Gasteiger partial charge in [0.1, 0.15) is 5.75 Å². The molecule has 0 saturated heterocycles. The zero-order chi connectivity index (χ0) is 12.8. The Bertz CT molecular complexity index is 418. The van der Waals surface area contributed by atoms with E-state index in [4.69, 9.17) is 0 Å². The molecule has 0 heterocycles. The molecule has 0 unspecified atom stereocenters. The highest BCUT2D eigenvalue weighted by atomic mass is 16.3. The maximum Gasteiger partial charge on any atom is 0.239 e. The predicted molar refractivity (Wildman–Crippen MR) is 63.5 cm³/mol. The van der Waals surface area contributed by atoms with Gasteiger partial charge < -0.3 is 15.3 Å². The summed E-state index contributed by atoms with van der Waals surface area (Å²) in [6.07, 6.45) is 0.169. The lowest BCUT2D eigenvalue weighted by molar-refractivity contribution is -0.134. The number of benzene rings is 1. The third-order valence-corrected chi connectivity index (χ3v) is 2.35. The normalized spacial score (nSPS) is 9.76. The summed E-state index contributed by atoms with van der Waals surface area (Å²) in [5.41, 5.74) is 0.721. The molecule has 0 radical (unpaired) electrons. The number of hydrogen-bond acceptors (Lipinski definition) is 3. The van der Waals surface area contributed by atoms with Crippen LogP contribution in [0.5, 0.6) is 5.75 Å². The molecule has 92 valence electrons. The Morgan fingerprint density at radius 1 is 1.41 bits per heavy atom. The summed E-state index contributed by atoms with van der Waals surface area (Å²) in [5.74, 6) is -0.250. The van der Waals surface area contributed by atoms with Crippen molar-refractivity contribution in [3.05, 3.63) is 29.8 Å². The monoisotopic (exact) mass is 236 g/mol. The van der Waals surface area contributed by atoms with E-state index in [1.165, 1.54) is 18.0 Å². The second-order valence-electron chi connectivity index (χ2n) is 3.77. The van der Waals surface area contributed by atoms with Gasteiger partial charge in [0.2, 0.25) is 11.8 Å². The molecule has 0 aliphatic rings. The zero-order valence-electron chi connectivity index (χ0n) is 9.93. The Kier molecular flexibility index (Phi) is 4.51. The van der Waals surface area contributed by atoms with Crippen LogP contribution in [0.15, 0.2) is 24.3 Å². The molecule has 5 nitrogen and oxygen atoms in total. The molecule has 5 heteroatoms. The van der Waals surface area contributed by atoms with Gasteiger partial charge in [-0.2, -0.15) is 0 Å². The molecule has 0 aliphatic heterocycles. The van der Waals surface area contributed by atoms with Gasteiger partial charge in [-0.25, -0.2) is 0 Å². The average Bonchev–Trinajstić information content (AvgIpc) is 2.28. The molecule has 0 aliphatic carbocycles. The van der Waals surface area contributed by atoms with Crippen molar-refractivity contribution in [1.82, 2.24) is 10.2 Å². The first-order chi connectivity index (χ1) is 8.02. The number of amides is 2. The predicted octanol–water partition coefficient (Wildman–Crippen LogP) is 0.139. The van der Waals surface area contributed by atoms with Crippen molar-refractivity contribution >= 4 is 11.8 Å². The zero-order valence-corrected chi connectivity index (χ0v) is 9.93. The number of rotatable bonds is 4. The Balaban J connectivity index is 2.57.